The molecule has 4 rings (SSSR count). The molecule has 2 atom stereocenters. The lowest BCUT2D eigenvalue weighted by Crippen LogP contribution is -2.41. The summed E-state index contributed by atoms with van der Waals surface area (Å²) in [6, 6.07) is 9.84. The number of carbonyl (C=O) groups excluding carboxylic acids is 4. The highest BCUT2D eigenvalue weighted by Crippen LogP contribution is 2.29. The maximum absolute atomic E-state index is 12.7. The van der Waals surface area contributed by atoms with Gasteiger partial charge in [0.25, 0.3) is 0 Å². The number of hydrogen-bond acceptors (Lipinski definition) is 14. The standard InChI is InChI=1S/C39H54N2O12/c1-46-32-14-12-28(24-34(32)48-3)38(44)52-30-10-8-18-40(26-30)20-16-36(42)50-22-6-5-7-23-51-37(43)17-21-41-19-9-11-31(27-41)53-39(45)29-13-15-33(47-2)35(25-29)49-4/h12-15,24-25,30-31H,5-11,16-23,26-27H2,1-4H3. The molecule has 0 amide bonds. The normalized spacial score (nSPS) is 17.7. The van der Waals surface area contributed by atoms with E-state index in [4.69, 9.17) is 37.9 Å². The summed E-state index contributed by atoms with van der Waals surface area (Å²) in [6.07, 6.45) is 5.35. The van der Waals surface area contributed by atoms with Crippen LogP contribution in [0, 0.1) is 0 Å². The van der Waals surface area contributed by atoms with Gasteiger partial charge in [-0.3, -0.25) is 19.4 Å². The Kier molecular flexibility index (Phi) is 17.0. The van der Waals surface area contributed by atoms with Crippen molar-refractivity contribution in [2.45, 2.75) is 70.0 Å². The molecule has 0 bridgehead atoms. The maximum atomic E-state index is 12.7. The first-order valence-corrected chi connectivity index (χ1v) is 18.3. The third-order valence-electron chi connectivity index (χ3n) is 9.29. The van der Waals surface area contributed by atoms with E-state index < -0.39 is 11.9 Å². The molecule has 2 fully saturated rings. The summed E-state index contributed by atoms with van der Waals surface area (Å²) in [5.74, 6) is 0.608. The predicted molar refractivity (Wildman–Crippen MR) is 194 cm³/mol. The van der Waals surface area contributed by atoms with Crippen molar-refractivity contribution in [3.8, 4) is 23.0 Å². The summed E-state index contributed by atoms with van der Waals surface area (Å²) < 4.78 is 43.3. The molecule has 2 aliphatic rings. The van der Waals surface area contributed by atoms with Gasteiger partial charge < -0.3 is 37.9 Å². The molecular formula is C39H54N2O12. The Morgan fingerprint density at radius 2 is 1.00 bits per heavy atom. The van der Waals surface area contributed by atoms with E-state index in [1.165, 1.54) is 28.4 Å². The number of rotatable bonds is 20. The number of likely N-dealkylation sites (tertiary alicyclic amines) is 2. The van der Waals surface area contributed by atoms with E-state index in [-0.39, 0.29) is 37.0 Å². The molecule has 2 aromatic carbocycles. The van der Waals surface area contributed by atoms with Crippen molar-refractivity contribution < 1.29 is 57.1 Å². The Morgan fingerprint density at radius 1 is 0.585 bits per heavy atom. The third-order valence-corrected chi connectivity index (χ3v) is 9.29. The Hall–Kier alpha value is -4.56. The quantitative estimate of drug-likeness (QED) is 0.105. The van der Waals surface area contributed by atoms with Gasteiger partial charge in [0.15, 0.2) is 23.0 Å². The molecule has 2 aliphatic heterocycles. The topological polar surface area (TPSA) is 149 Å². The van der Waals surface area contributed by atoms with Crippen LogP contribution < -0.4 is 18.9 Å². The highest BCUT2D eigenvalue weighted by Gasteiger charge is 2.26. The van der Waals surface area contributed by atoms with E-state index in [0.29, 0.717) is 86.4 Å². The Bertz CT molecular complexity index is 1390. The van der Waals surface area contributed by atoms with Gasteiger partial charge in [-0.15, -0.1) is 0 Å². The van der Waals surface area contributed by atoms with E-state index in [1.54, 1.807) is 36.4 Å². The Labute approximate surface area is 311 Å². The largest absolute Gasteiger partial charge is 0.493 e. The lowest BCUT2D eigenvalue weighted by Gasteiger charge is -2.32. The number of nitrogens with zero attached hydrogens (tertiary/aromatic N) is 2. The van der Waals surface area contributed by atoms with Crippen LogP contribution in [0.5, 0.6) is 23.0 Å². The number of methoxy groups -OCH3 is 4. The molecule has 2 saturated heterocycles. The summed E-state index contributed by atoms with van der Waals surface area (Å²) in [5, 5.41) is 0. The van der Waals surface area contributed by atoms with Crippen LogP contribution in [0.4, 0.5) is 0 Å². The zero-order valence-corrected chi connectivity index (χ0v) is 31.4. The van der Waals surface area contributed by atoms with Crippen LogP contribution in [0.2, 0.25) is 0 Å². The van der Waals surface area contributed by atoms with Gasteiger partial charge in [0, 0.05) is 26.2 Å². The minimum absolute atomic E-state index is 0.256. The molecule has 0 saturated carbocycles. The van der Waals surface area contributed by atoms with Crippen molar-refractivity contribution in [1.29, 1.82) is 0 Å². The summed E-state index contributed by atoms with van der Waals surface area (Å²) in [5.41, 5.74) is 0.777. The monoisotopic (exact) mass is 742 g/mol. The fourth-order valence-electron chi connectivity index (χ4n) is 6.39. The number of benzene rings is 2. The molecule has 53 heavy (non-hydrogen) atoms. The lowest BCUT2D eigenvalue weighted by molar-refractivity contribution is -0.144. The van der Waals surface area contributed by atoms with Gasteiger partial charge in [-0.2, -0.15) is 0 Å². The van der Waals surface area contributed by atoms with Crippen LogP contribution in [-0.2, 0) is 28.5 Å². The van der Waals surface area contributed by atoms with Gasteiger partial charge in [-0.05, 0) is 94.4 Å². The SMILES string of the molecule is COc1ccc(C(=O)OC2CCCN(CCC(=O)OCCCCCOC(=O)CCN3CCCC(OC(=O)c4ccc(OC)c(OC)c4)C3)C2)cc1OC. The number of esters is 4. The van der Waals surface area contributed by atoms with Crippen LogP contribution in [-0.4, -0.2) is 127 Å². The molecule has 0 aromatic heterocycles. The number of carbonyl (C=O) groups is 4. The fraction of sp³-hybridized carbons (Fsp3) is 0.590. The summed E-state index contributed by atoms with van der Waals surface area (Å²) in [6.45, 7) is 4.44. The van der Waals surface area contributed by atoms with Gasteiger partial charge in [0.2, 0.25) is 0 Å². The zero-order chi connectivity index (χ0) is 38.0. The van der Waals surface area contributed by atoms with Crippen molar-refractivity contribution in [3.05, 3.63) is 47.5 Å². The number of ether oxygens (including phenoxy) is 8. The second-order valence-corrected chi connectivity index (χ2v) is 13.1. The van der Waals surface area contributed by atoms with Crippen LogP contribution >= 0.6 is 0 Å². The van der Waals surface area contributed by atoms with Crippen molar-refractivity contribution >= 4 is 23.9 Å². The number of piperidine rings is 2. The summed E-state index contributed by atoms with van der Waals surface area (Å²) >= 11 is 0. The van der Waals surface area contributed by atoms with E-state index in [9.17, 15) is 19.2 Å². The Balaban J connectivity index is 1.01. The first-order chi connectivity index (χ1) is 25.7. The van der Waals surface area contributed by atoms with E-state index in [2.05, 4.69) is 9.80 Å². The van der Waals surface area contributed by atoms with Crippen molar-refractivity contribution in [2.24, 2.45) is 0 Å². The molecule has 0 radical (unpaired) electrons. The highest BCUT2D eigenvalue weighted by atomic mass is 16.6. The summed E-state index contributed by atoms with van der Waals surface area (Å²) in [7, 11) is 6.10. The molecule has 2 aromatic rings. The summed E-state index contributed by atoms with van der Waals surface area (Å²) in [4.78, 5) is 54.4. The van der Waals surface area contributed by atoms with E-state index in [1.807, 2.05) is 0 Å². The number of unbranched alkanes of at least 4 members (excludes halogenated alkanes) is 2. The van der Waals surface area contributed by atoms with Gasteiger partial charge >= 0.3 is 23.9 Å². The third kappa shape index (κ3) is 13.4. The molecule has 2 unspecified atom stereocenters. The van der Waals surface area contributed by atoms with Crippen molar-refractivity contribution in [1.82, 2.24) is 9.80 Å². The second kappa shape index (κ2) is 21.8. The first kappa shape index (κ1) is 41.2. The molecule has 0 N–H and O–H groups in total. The minimum atomic E-state index is -0.423. The Morgan fingerprint density at radius 3 is 1.40 bits per heavy atom. The average Bonchev–Trinajstić information content (AvgIpc) is 3.18. The fourth-order valence-corrected chi connectivity index (χ4v) is 6.39. The molecule has 14 heteroatoms. The number of hydrogen-bond donors (Lipinski definition) is 0. The maximum Gasteiger partial charge on any atom is 0.338 e. The molecule has 292 valence electrons. The minimum Gasteiger partial charge on any atom is -0.493 e. The zero-order valence-electron chi connectivity index (χ0n) is 31.4. The smallest absolute Gasteiger partial charge is 0.338 e. The van der Waals surface area contributed by atoms with Crippen molar-refractivity contribution in [3.63, 3.8) is 0 Å². The molecule has 14 nitrogen and oxygen atoms in total. The second-order valence-electron chi connectivity index (χ2n) is 13.1. The van der Waals surface area contributed by atoms with Crippen LogP contribution in [0.1, 0.15) is 78.5 Å². The molecule has 2 heterocycles. The highest BCUT2D eigenvalue weighted by molar-refractivity contribution is 5.91. The molecule has 0 spiro atoms. The molecular weight excluding hydrogens is 688 g/mol. The van der Waals surface area contributed by atoms with Gasteiger partial charge in [-0.1, -0.05) is 0 Å². The lowest BCUT2D eigenvalue weighted by atomic mass is 10.1. The predicted octanol–water partition coefficient (Wildman–Crippen LogP) is 4.70. The van der Waals surface area contributed by atoms with Crippen LogP contribution in [0.3, 0.4) is 0 Å². The van der Waals surface area contributed by atoms with Crippen molar-refractivity contribution in [2.75, 3.05) is 80.9 Å². The van der Waals surface area contributed by atoms with Gasteiger partial charge in [0.1, 0.15) is 12.2 Å². The molecule has 0 aliphatic carbocycles. The van der Waals surface area contributed by atoms with Gasteiger partial charge in [-0.25, -0.2) is 9.59 Å². The van der Waals surface area contributed by atoms with Crippen LogP contribution in [0.15, 0.2) is 36.4 Å². The van der Waals surface area contributed by atoms with E-state index in [0.717, 1.165) is 45.2 Å². The van der Waals surface area contributed by atoms with Crippen LogP contribution in [0.25, 0.3) is 0 Å². The van der Waals surface area contributed by atoms with E-state index >= 15 is 0 Å². The average molecular weight is 743 g/mol. The van der Waals surface area contributed by atoms with Gasteiger partial charge in [0.05, 0.1) is 65.6 Å². The first-order valence-electron chi connectivity index (χ1n) is 18.3.